The van der Waals surface area contributed by atoms with Crippen molar-refractivity contribution >= 4 is 38.3 Å². The van der Waals surface area contributed by atoms with Gasteiger partial charge in [-0.1, -0.05) is 6.07 Å². The lowest BCUT2D eigenvalue weighted by Gasteiger charge is -2.03. The zero-order valence-corrected chi connectivity index (χ0v) is 11.8. The molecule has 3 heterocycles. The summed E-state index contributed by atoms with van der Waals surface area (Å²) in [6.07, 6.45) is 2.02. The van der Waals surface area contributed by atoms with Gasteiger partial charge < -0.3 is 4.57 Å². The van der Waals surface area contributed by atoms with E-state index in [1.54, 1.807) is 11.3 Å². The van der Waals surface area contributed by atoms with Crippen LogP contribution in [0.15, 0.2) is 28.2 Å². The van der Waals surface area contributed by atoms with Gasteiger partial charge in [-0.15, -0.1) is 11.3 Å². The van der Waals surface area contributed by atoms with Crippen molar-refractivity contribution < 1.29 is 0 Å². The quantitative estimate of drug-likeness (QED) is 0.685. The van der Waals surface area contributed by atoms with Crippen LogP contribution < -0.4 is 0 Å². The highest BCUT2D eigenvalue weighted by molar-refractivity contribution is 9.10. The van der Waals surface area contributed by atoms with Crippen LogP contribution in [-0.2, 0) is 7.05 Å². The Balaban J connectivity index is 2.45. The molecule has 17 heavy (non-hydrogen) atoms. The number of halogens is 1. The molecule has 3 nitrogen and oxygen atoms in total. The molecule has 0 unspecified atom stereocenters. The molecule has 0 radical (unpaired) electrons. The smallest absolute Gasteiger partial charge is 0.145 e. The van der Waals surface area contributed by atoms with Gasteiger partial charge in [0.25, 0.3) is 0 Å². The molecule has 0 aromatic carbocycles. The third-order valence-electron chi connectivity index (χ3n) is 2.64. The average Bonchev–Trinajstić information content (AvgIpc) is 2.88. The Hall–Kier alpha value is -1.20. The molecule has 0 aliphatic heterocycles. The van der Waals surface area contributed by atoms with Crippen LogP contribution in [0.25, 0.3) is 21.6 Å². The van der Waals surface area contributed by atoms with Crippen molar-refractivity contribution in [2.24, 2.45) is 7.05 Å². The van der Waals surface area contributed by atoms with Gasteiger partial charge >= 0.3 is 0 Å². The normalized spacial score (nSPS) is 11.2. The van der Waals surface area contributed by atoms with Crippen molar-refractivity contribution in [1.29, 1.82) is 0 Å². The van der Waals surface area contributed by atoms with Crippen LogP contribution in [0.2, 0.25) is 0 Å². The zero-order chi connectivity index (χ0) is 12.0. The van der Waals surface area contributed by atoms with Gasteiger partial charge in [-0.3, -0.25) is 0 Å². The summed E-state index contributed by atoms with van der Waals surface area (Å²) in [5.74, 6) is 0.801. The van der Waals surface area contributed by atoms with Gasteiger partial charge in [-0.2, -0.15) is 0 Å². The first-order valence-corrected chi connectivity index (χ1v) is 6.87. The topological polar surface area (TPSA) is 30.7 Å². The van der Waals surface area contributed by atoms with E-state index in [1.165, 1.54) is 4.88 Å². The summed E-state index contributed by atoms with van der Waals surface area (Å²) in [5.41, 5.74) is 1.97. The SMILES string of the molecule is Cc1nc(-c2cccs2)c2c(Br)cn(C)c2n1. The van der Waals surface area contributed by atoms with Crippen LogP contribution in [0.5, 0.6) is 0 Å². The second kappa shape index (κ2) is 3.92. The molecule has 0 amide bonds. The van der Waals surface area contributed by atoms with Crippen molar-refractivity contribution in [3.63, 3.8) is 0 Å². The summed E-state index contributed by atoms with van der Waals surface area (Å²) in [4.78, 5) is 10.2. The number of aromatic nitrogens is 3. The molecule has 0 atom stereocenters. The van der Waals surface area contributed by atoms with E-state index in [0.29, 0.717) is 0 Å². The molecule has 0 spiro atoms. The molecule has 5 heteroatoms. The highest BCUT2D eigenvalue weighted by Crippen LogP contribution is 2.34. The molecular weight excluding hydrogens is 298 g/mol. The number of hydrogen-bond donors (Lipinski definition) is 0. The summed E-state index contributed by atoms with van der Waals surface area (Å²) >= 11 is 5.28. The summed E-state index contributed by atoms with van der Waals surface area (Å²) in [7, 11) is 2.00. The van der Waals surface area contributed by atoms with Crippen molar-refractivity contribution in [3.8, 4) is 10.6 Å². The molecule has 3 aromatic heterocycles. The fourth-order valence-electron chi connectivity index (χ4n) is 1.92. The van der Waals surface area contributed by atoms with Crippen LogP contribution in [0.4, 0.5) is 0 Å². The Morgan fingerprint density at radius 2 is 2.18 bits per heavy atom. The van der Waals surface area contributed by atoms with E-state index in [2.05, 4.69) is 37.3 Å². The number of fused-ring (bicyclic) bond motifs is 1. The number of aryl methyl sites for hydroxylation is 2. The second-order valence-corrected chi connectivity index (χ2v) is 5.69. The Bertz CT molecular complexity index is 685. The lowest BCUT2D eigenvalue weighted by Crippen LogP contribution is -1.95. The molecule has 3 rings (SSSR count). The van der Waals surface area contributed by atoms with E-state index < -0.39 is 0 Å². The third-order valence-corrected chi connectivity index (χ3v) is 4.11. The van der Waals surface area contributed by atoms with Gasteiger partial charge in [0.2, 0.25) is 0 Å². The Labute approximate surface area is 111 Å². The van der Waals surface area contributed by atoms with E-state index >= 15 is 0 Å². The van der Waals surface area contributed by atoms with Gasteiger partial charge in [0.15, 0.2) is 0 Å². The van der Waals surface area contributed by atoms with Crippen molar-refractivity contribution in [2.75, 3.05) is 0 Å². The van der Waals surface area contributed by atoms with E-state index in [-0.39, 0.29) is 0 Å². The van der Waals surface area contributed by atoms with Gasteiger partial charge in [0.1, 0.15) is 11.5 Å². The molecule has 3 aromatic rings. The molecule has 0 aliphatic carbocycles. The summed E-state index contributed by atoms with van der Waals surface area (Å²) < 4.78 is 3.06. The number of rotatable bonds is 1. The molecular formula is C12H10BrN3S. The largest absolute Gasteiger partial charge is 0.334 e. The average molecular weight is 308 g/mol. The molecule has 0 aliphatic rings. The van der Waals surface area contributed by atoms with E-state index in [1.807, 2.05) is 30.8 Å². The predicted molar refractivity (Wildman–Crippen MR) is 74.3 cm³/mol. The van der Waals surface area contributed by atoms with Crippen LogP contribution >= 0.6 is 27.3 Å². The van der Waals surface area contributed by atoms with E-state index in [0.717, 1.165) is 27.0 Å². The lowest BCUT2D eigenvalue weighted by atomic mass is 10.2. The van der Waals surface area contributed by atoms with Crippen LogP contribution in [0.1, 0.15) is 5.82 Å². The van der Waals surface area contributed by atoms with Gasteiger partial charge in [-0.25, -0.2) is 9.97 Å². The number of hydrogen-bond acceptors (Lipinski definition) is 3. The first-order valence-electron chi connectivity index (χ1n) is 5.20. The summed E-state index contributed by atoms with van der Waals surface area (Å²) in [6, 6.07) is 4.13. The molecule has 0 N–H and O–H groups in total. The lowest BCUT2D eigenvalue weighted by molar-refractivity contribution is 0.931. The van der Waals surface area contributed by atoms with Crippen molar-refractivity contribution in [2.45, 2.75) is 6.92 Å². The maximum atomic E-state index is 4.57. The van der Waals surface area contributed by atoms with Gasteiger partial charge in [0, 0.05) is 17.7 Å². The highest BCUT2D eigenvalue weighted by atomic mass is 79.9. The number of nitrogens with zero attached hydrogens (tertiary/aromatic N) is 3. The highest BCUT2D eigenvalue weighted by Gasteiger charge is 2.15. The standard InChI is InChI=1S/C12H10BrN3S/c1-7-14-11(9-4-3-5-17-9)10-8(13)6-16(2)12(10)15-7/h3-6H,1-2H3. The summed E-state index contributed by atoms with van der Waals surface area (Å²) in [6.45, 7) is 1.93. The van der Waals surface area contributed by atoms with E-state index in [4.69, 9.17) is 0 Å². The Morgan fingerprint density at radius 3 is 2.88 bits per heavy atom. The van der Waals surface area contributed by atoms with E-state index in [9.17, 15) is 0 Å². The van der Waals surface area contributed by atoms with Crippen molar-refractivity contribution in [1.82, 2.24) is 14.5 Å². The second-order valence-electron chi connectivity index (χ2n) is 3.88. The predicted octanol–water partition coefficient (Wildman–Crippen LogP) is 3.77. The fourth-order valence-corrected chi connectivity index (χ4v) is 3.31. The molecule has 0 fully saturated rings. The minimum atomic E-state index is 0.801. The molecule has 86 valence electrons. The molecule has 0 bridgehead atoms. The fraction of sp³-hybridized carbons (Fsp3) is 0.167. The minimum absolute atomic E-state index is 0.801. The third kappa shape index (κ3) is 1.70. The molecule has 0 saturated heterocycles. The van der Waals surface area contributed by atoms with Gasteiger partial charge in [0.05, 0.1) is 16.0 Å². The number of thiophene rings is 1. The first-order chi connectivity index (χ1) is 8.16. The minimum Gasteiger partial charge on any atom is -0.334 e. The van der Waals surface area contributed by atoms with Crippen LogP contribution in [0.3, 0.4) is 0 Å². The van der Waals surface area contributed by atoms with Gasteiger partial charge in [-0.05, 0) is 34.3 Å². The van der Waals surface area contributed by atoms with Crippen LogP contribution in [0, 0.1) is 6.92 Å². The first kappa shape index (κ1) is 10.9. The van der Waals surface area contributed by atoms with Crippen LogP contribution in [-0.4, -0.2) is 14.5 Å². The summed E-state index contributed by atoms with van der Waals surface area (Å²) in [5, 5.41) is 3.15. The monoisotopic (exact) mass is 307 g/mol. The zero-order valence-electron chi connectivity index (χ0n) is 9.44. The maximum absolute atomic E-state index is 4.57. The Morgan fingerprint density at radius 1 is 1.35 bits per heavy atom. The van der Waals surface area contributed by atoms with Crippen molar-refractivity contribution in [3.05, 3.63) is 34.0 Å². The molecule has 0 saturated carbocycles. The maximum Gasteiger partial charge on any atom is 0.145 e. The Kier molecular flexibility index (Phi) is 2.52.